The first-order valence-corrected chi connectivity index (χ1v) is 9.52. The smallest absolute Gasteiger partial charge is 0.245 e. The van der Waals surface area contributed by atoms with Crippen molar-refractivity contribution < 1.29 is 4.79 Å². The lowest BCUT2D eigenvalue weighted by Gasteiger charge is -2.19. The van der Waals surface area contributed by atoms with Gasteiger partial charge in [-0.2, -0.15) is 5.26 Å². The fourth-order valence-corrected chi connectivity index (χ4v) is 3.70. The van der Waals surface area contributed by atoms with Gasteiger partial charge in [0.15, 0.2) is 0 Å². The van der Waals surface area contributed by atoms with Crippen molar-refractivity contribution in [3.63, 3.8) is 0 Å². The zero-order valence-electron chi connectivity index (χ0n) is 15.4. The first kappa shape index (κ1) is 18.3. The van der Waals surface area contributed by atoms with Gasteiger partial charge in [0, 0.05) is 29.7 Å². The van der Waals surface area contributed by atoms with Gasteiger partial charge in [-0.15, -0.1) is 0 Å². The maximum absolute atomic E-state index is 12.9. The predicted molar refractivity (Wildman–Crippen MR) is 110 cm³/mol. The number of nitrogens with one attached hydrogen (secondary N) is 1. The molecule has 5 nitrogen and oxygen atoms in total. The van der Waals surface area contributed by atoms with Crippen LogP contribution in [-0.4, -0.2) is 28.4 Å². The average molecular weight is 391 g/mol. The summed E-state index contributed by atoms with van der Waals surface area (Å²) in [6.45, 7) is 3.31. The molecule has 0 spiro atoms. The van der Waals surface area contributed by atoms with Crippen molar-refractivity contribution in [2.75, 3.05) is 11.9 Å². The van der Waals surface area contributed by atoms with Crippen LogP contribution in [0.15, 0.2) is 48.7 Å². The molecule has 0 radical (unpaired) electrons. The van der Waals surface area contributed by atoms with E-state index in [0.29, 0.717) is 35.8 Å². The summed E-state index contributed by atoms with van der Waals surface area (Å²) >= 11 is 6.14. The van der Waals surface area contributed by atoms with Gasteiger partial charge in [0.2, 0.25) is 5.91 Å². The van der Waals surface area contributed by atoms with Crippen LogP contribution in [0.25, 0.3) is 10.9 Å². The number of nitriles is 1. The normalized spacial score (nSPS) is 16.4. The van der Waals surface area contributed by atoms with E-state index >= 15 is 0 Å². The summed E-state index contributed by atoms with van der Waals surface area (Å²) in [7, 11) is 0. The van der Waals surface area contributed by atoms with Crippen molar-refractivity contribution in [3.05, 3.63) is 70.4 Å². The second-order valence-electron chi connectivity index (χ2n) is 7.05. The summed E-state index contributed by atoms with van der Waals surface area (Å²) < 4.78 is 0. The lowest BCUT2D eigenvalue weighted by Crippen LogP contribution is -2.33. The second kappa shape index (κ2) is 7.49. The highest BCUT2D eigenvalue weighted by molar-refractivity contribution is 6.31. The molecule has 2 aromatic carbocycles. The van der Waals surface area contributed by atoms with Gasteiger partial charge in [-0.3, -0.25) is 9.78 Å². The number of aromatic nitrogens is 1. The van der Waals surface area contributed by atoms with Crippen LogP contribution in [0.1, 0.15) is 23.1 Å². The minimum Gasteiger partial charge on any atom is -0.372 e. The van der Waals surface area contributed by atoms with Crippen LogP contribution in [0, 0.1) is 18.3 Å². The highest BCUT2D eigenvalue weighted by Crippen LogP contribution is 2.30. The summed E-state index contributed by atoms with van der Waals surface area (Å²) in [5.41, 5.74) is 4.06. The number of aryl methyl sites for hydroxylation is 1. The van der Waals surface area contributed by atoms with Gasteiger partial charge in [-0.1, -0.05) is 41.4 Å². The maximum atomic E-state index is 12.9. The number of anilines is 1. The van der Waals surface area contributed by atoms with E-state index in [9.17, 15) is 10.1 Å². The third-order valence-electron chi connectivity index (χ3n) is 5.06. The molecular weight excluding hydrogens is 372 g/mol. The molecule has 1 amide bonds. The first-order chi connectivity index (χ1) is 13.5. The molecule has 1 atom stereocenters. The van der Waals surface area contributed by atoms with Gasteiger partial charge in [0.05, 0.1) is 16.8 Å². The Hall–Kier alpha value is -3.10. The van der Waals surface area contributed by atoms with E-state index in [4.69, 9.17) is 11.6 Å². The molecule has 1 aliphatic heterocycles. The zero-order valence-corrected chi connectivity index (χ0v) is 16.2. The minimum atomic E-state index is -0.373. The number of pyridine rings is 1. The molecule has 0 bridgehead atoms. The first-order valence-electron chi connectivity index (χ1n) is 9.14. The van der Waals surface area contributed by atoms with Gasteiger partial charge < -0.3 is 10.2 Å². The van der Waals surface area contributed by atoms with Crippen LogP contribution in [0.5, 0.6) is 0 Å². The summed E-state index contributed by atoms with van der Waals surface area (Å²) in [6, 6.07) is 15.3. The number of fused-ring (bicyclic) bond motifs is 1. The molecule has 6 heteroatoms. The summed E-state index contributed by atoms with van der Waals surface area (Å²) in [6.07, 6.45) is 2.21. The molecule has 0 aliphatic carbocycles. The Kier molecular flexibility index (Phi) is 4.89. The summed E-state index contributed by atoms with van der Waals surface area (Å²) in [5, 5.41) is 14.1. The molecule has 1 N–H and O–H groups in total. The van der Waals surface area contributed by atoms with Crippen LogP contribution in [0.2, 0.25) is 5.02 Å². The number of nitrogens with zero attached hydrogens (tertiary/aromatic N) is 3. The second-order valence-corrected chi connectivity index (χ2v) is 7.49. The van der Waals surface area contributed by atoms with Crippen LogP contribution >= 0.6 is 11.6 Å². The summed E-state index contributed by atoms with van der Waals surface area (Å²) in [5.74, 6) is 0.0384. The lowest BCUT2D eigenvalue weighted by atomic mass is 10.1. The fourth-order valence-electron chi connectivity index (χ4n) is 3.52. The van der Waals surface area contributed by atoms with Crippen molar-refractivity contribution in [2.45, 2.75) is 25.9 Å². The van der Waals surface area contributed by atoms with Crippen LogP contribution in [0.4, 0.5) is 5.69 Å². The Bertz CT molecular complexity index is 1090. The van der Waals surface area contributed by atoms with Crippen molar-refractivity contribution in [1.29, 1.82) is 5.26 Å². The van der Waals surface area contributed by atoms with E-state index in [0.717, 1.165) is 16.5 Å². The molecule has 4 rings (SSSR count). The molecular formula is C22H19ClN4O. The van der Waals surface area contributed by atoms with Crippen molar-refractivity contribution in [3.8, 4) is 6.07 Å². The van der Waals surface area contributed by atoms with E-state index < -0.39 is 0 Å². The number of carbonyl (C=O) groups excluding carboxylic acids is 1. The molecule has 1 unspecified atom stereocenters. The van der Waals surface area contributed by atoms with E-state index in [1.165, 1.54) is 11.8 Å². The highest BCUT2D eigenvalue weighted by Gasteiger charge is 2.32. The van der Waals surface area contributed by atoms with Crippen LogP contribution in [0.3, 0.4) is 0 Å². The maximum Gasteiger partial charge on any atom is 0.245 e. The largest absolute Gasteiger partial charge is 0.372 e. The topological polar surface area (TPSA) is 69.0 Å². The minimum absolute atomic E-state index is 0.0384. The predicted octanol–water partition coefficient (Wildman–Crippen LogP) is 4.28. The van der Waals surface area contributed by atoms with E-state index in [1.807, 2.05) is 17.9 Å². The third kappa shape index (κ3) is 3.51. The van der Waals surface area contributed by atoms with Gasteiger partial charge in [-0.05, 0) is 37.1 Å². The number of carbonyl (C=O) groups is 1. The average Bonchev–Trinajstić information content (AvgIpc) is 3.03. The number of amides is 1. The molecule has 1 aromatic heterocycles. The number of halogens is 1. The molecule has 1 aliphatic rings. The molecule has 2 heterocycles. The van der Waals surface area contributed by atoms with Gasteiger partial charge in [-0.25, -0.2) is 0 Å². The summed E-state index contributed by atoms with van der Waals surface area (Å²) in [4.78, 5) is 19.1. The Morgan fingerprint density at radius 2 is 2.07 bits per heavy atom. The van der Waals surface area contributed by atoms with Gasteiger partial charge >= 0.3 is 0 Å². The molecule has 3 aromatic rings. The number of hydrogen-bond donors (Lipinski definition) is 1. The van der Waals surface area contributed by atoms with E-state index in [1.54, 1.807) is 12.1 Å². The molecule has 28 heavy (non-hydrogen) atoms. The Morgan fingerprint density at radius 3 is 2.82 bits per heavy atom. The number of hydrogen-bond acceptors (Lipinski definition) is 4. The van der Waals surface area contributed by atoms with Crippen molar-refractivity contribution in [1.82, 2.24) is 9.88 Å². The Labute approximate surface area is 168 Å². The zero-order chi connectivity index (χ0) is 19.7. The molecule has 1 fully saturated rings. The third-order valence-corrected chi connectivity index (χ3v) is 5.30. The Balaban J connectivity index is 1.58. The van der Waals surface area contributed by atoms with Crippen LogP contribution in [-0.2, 0) is 11.3 Å². The standard InChI is InChI=1S/C22H19ClN4O/c1-14-2-4-15(5-3-14)13-27-9-8-20(22(27)28)26-21-16(11-24)12-25-19-7-6-17(23)10-18(19)21/h2-7,10,12,20H,8-9,13H2,1H3,(H,25,26). The molecule has 140 valence electrons. The van der Waals surface area contributed by atoms with Gasteiger partial charge in [0.1, 0.15) is 12.1 Å². The Morgan fingerprint density at radius 1 is 1.29 bits per heavy atom. The lowest BCUT2D eigenvalue weighted by molar-refractivity contribution is -0.128. The quantitative estimate of drug-likeness (QED) is 0.721. The van der Waals surface area contributed by atoms with E-state index in [2.05, 4.69) is 40.6 Å². The van der Waals surface area contributed by atoms with Crippen molar-refractivity contribution in [2.24, 2.45) is 0 Å². The van der Waals surface area contributed by atoms with Gasteiger partial charge in [0.25, 0.3) is 0 Å². The molecule has 0 saturated carbocycles. The fraction of sp³-hybridized carbons (Fsp3) is 0.227. The monoisotopic (exact) mass is 390 g/mol. The number of benzene rings is 2. The van der Waals surface area contributed by atoms with Crippen LogP contribution < -0.4 is 5.32 Å². The van der Waals surface area contributed by atoms with E-state index in [-0.39, 0.29) is 11.9 Å². The highest BCUT2D eigenvalue weighted by atomic mass is 35.5. The number of rotatable bonds is 4. The molecule has 1 saturated heterocycles. The van der Waals surface area contributed by atoms with Crippen molar-refractivity contribution >= 4 is 34.1 Å². The SMILES string of the molecule is Cc1ccc(CN2CCC(Nc3c(C#N)cnc4ccc(Cl)cc34)C2=O)cc1. The number of likely N-dealkylation sites (tertiary alicyclic amines) is 1.